The van der Waals surface area contributed by atoms with E-state index in [1.165, 1.54) is 0 Å². The van der Waals surface area contributed by atoms with Gasteiger partial charge in [0.1, 0.15) is 0 Å². The molecule has 1 aliphatic carbocycles. The summed E-state index contributed by atoms with van der Waals surface area (Å²) in [7, 11) is -0.783. The van der Waals surface area contributed by atoms with Crippen molar-refractivity contribution in [2.45, 2.75) is 56.6 Å². The van der Waals surface area contributed by atoms with E-state index in [-0.39, 0.29) is 5.25 Å². The van der Waals surface area contributed by atoms with Gasteiger partial charge in [0, 0.05) is 35.4 Å². The van der Waals surface area contributed by atoms with Crippen molar-refractivity contribution in [2.24, 2.45) is 0 Å². The first-order chi connectivity index (χ1) is 8.71. The molecule has 3 atom stereocenters. The van der Waals surface area contributed by atoms with Gasteiger partial charge in [-0.05, 0) is 19.4 Å². The van der Waals surface area contributed by atoms with E-state index >= 15 is 0 Å². The van der Waals surface area contributed by atoms with Gasteiger partial charge in [-0.3, -0.25) is 4.21 Å². The molecule has 3 unspecified atom stereocenters. The number of hydrogen-bond donors (Lipinski definition) is 1. The second kappa shape index (κ2) is 6.46. The maximum absolute atomic E-state index is 12.4. The highest BCUT2D eigenvalue weighted by atomic mass is 32.2. The van der Waals surface area contributed by atoms with Gasteiger partial charge < -0.3 is 14.8 Å². The molecule has 0 bridgehead atoms. The smallest absolute Gasteiger partial charge is 0.169 e. The zero-order valence-corrected chi connectivity index (χ0v) is 12.3. The molecule has 1 saturated heterocycles. The first kappa shape index (κ1) is 14.4. The Morgan fingerprint density at radius 2 is 2.06 bits per heavy atom. The van der Waals surface area contributed by atoms with Crippen molar-refractivity contribution < 1.29 is 13.7 Å². The van der Waals surface area contributed by atoms with E-state index in [0.717, 1.165) is 38.0 Å². The van der Waals surface area contributed by atoms with Crippen LogP contribution < -0.4 is 5.32 Å². The van der Waals surface area contributed by atoms with Crippen molar-refractivity contribution in [3.63, 3.8) is 0 Å². The van der Waals surface area contributed by atoms with Gasteiger partial charge in [-0.1, -0.05) is 13.8 Å². The minimum atomic E-state index is -0.783. The molecule has 5 heteroatoms. The third-order valence-corrected chi connectivity index (χ3v) is 5.80. The van der Waals surface area contributed by atoms with E-state index in [9.17, 15) is 4.21 Å². The molecule has 0 radical (unpaired) electrons. The molecular weight excluding hydrogens is 250 g/mol. The largest absolute Gasteiger partial charge is 0.347 e. The van der Waals surface area contributed by atoms with Crippen molar-refractivity contribution in [1.29, 1.82) is 0 Å². The fraction of sp³-hybridized carbons (Fsp3) is 1.00. The summed E-state index contributed by atoms with van der Waals surface area (Å²) in [5.41, 5.74) is 0. The van der Waals surface area contributed by atoms with Crippen LogP contribution in [0.15, 0.2) is 0 Å². The molecule has 0 aromatic heterocycles. The molecule has 1 N–H and O–H groups in total. The topological polar surface area (TPSA) is 47.6 Å². The summed E-state index contributed by atoms with van der Waals surface area (Å²) in [6.45, 7) is 6.48. The molecule has 1 aliphatic heterocycles. The number of rotatable bonds is 5. The molecule has 0 aromatic carbocycles. The Kier molecular flexibility index (Phi) is 5.18. The van der Waals surface area contributed by atoms with Crippen LogP contribution in [0.5, 0.6) is 0 Å². The van der Waals surface area contributed by atoms with E-state index in [2.05, 4.69) is 19.2 Å². The Balaban J connectivity index is 2.05. The summed E-state index contributed by atoms with van der Waals surface area (Å²) in [6.07, 6.45) is 3.66. The van der Waals surface area contributed by atoms with Gasteiger partial charge in [0.2, 0.25) is 0 Å². The van der Waals surface area contributed by atoms with Gasteiger partial charge in [0.05, 0.1) is 18.5 Å². The predicted molar refractivity (Wildman–Crippen MR) is 73.0 cm³/mol. The highest BCUT2D eigenvalue weighted by Crippen LogP contribution is 2.37. The second-order valence-electron chi connectivity index (χ2n) is 5.14. The Hall–Kier alpha value is 0.0300. The van der Waals surface area contributed by atoms with Gasteiger partial charge in [0.15, 0.2) is 5.79 Å². The van der Waals surface area contributed by atoms with Crippen LogP contribution in [0, 0.1) is 0 Å². The fourth-order valence-electron chi connectivity index (χ4n) is 3.00. The second-order valence-corrected chi connectivity index (χ2v) is 6.91. The molecule has 1 heterocycles. The standard InChI is InChI=1S/C13H25NO3S/c1-3-9-18(15)12-10-13(16-7-8-17-13)6-5-11(12)14-4-2/h11-12,14H,3-10H2,1-2H3. The Morgan fingerprint density at radius 1 is 1.33 bits per heavy atom. The van der Waals surface area contributed by atoms with E-state index < -0.39 is 16.6 Å². The maximum atomic E-state index is 12.4. The van der Waals surface area contributed by atoms with Crippen molar-refractivity contribution >= 4 is 10.8 Å². The van der Waals surface area contributed by atoms with Gasteiger partial charge in [-0.15, -0.1) is 0 Å². The summed E-state index contributed by atoms with van der Waals surface area (Å²) in [5, 5.41) is 3.64. The van der Waals surface area contributed by atoms with Crippen LogP contribution in [0.3, 0.4) is 0 Å². The van der Waals surface area contributed by atoms with E-state index in [1.807, 2.05) is 0 Å². The molecule has 2 rings (SSSR count). The third kappa shape index (κ3) is 3.13. The average molecular weight is 275 g/mol. The zero-order chi connectivity index (χ0) is 13.0. The van der Waals surface area contributed by atoms with Crippen LogP contribution in [0.4, 0.5) is 0 Å². The number of ether oxygens (including phenoxy) is 2. The van der Waals surface area contributed by atoms with Crippen molar-refractivity contribution in [1.82, 2.24) is 5.32 Å². The zero-order valence-electron chi connectivity index (χ0n) is 11.4. The summed E-state index contributed by atoms with van der Waals surface area (Å²) in [6, 6.07) is 0.348. The molecule has 4 nitrogen and oxygen atoms in total. The van der Waals surface area contributed by atoms with Gasteiger partial charge in [0.25, 0.3) is 0 Å². The lowest BCUT2D eigenvalue weighted by Crippen LogP contribution is -2.52. The lowest BCUT2D eigenvalue weighted by Gasteiger charge is -2.40. The van der Waals surface area contributed by atoms with Crippen molar-refractivity contribution in [3.05, 3.63) is 0 Å². The molecule has 2 aliphatic rings. The Morgan fingerprint density at radius 3 is 2.67 bits per heavy atom. The van der Waals surface area contributed by atoms with Crippen LogP contribution in [-0.4, -0.2) is 46.8 Å². The molecule has 106 valence electrons. The average Bonchev–Trinajstić information content (AvgIpc) is 2.81. The first-order valence-corrected chi connectivity index (χ1v) is 8.47. The highest BCUT2D eigenvalue weighted by Gasteiger charge is 2.46. The molecule has 18 heavy (non-hydrogen) atoms. The third-order valence-electron chi connectivity index (χ3n) is 3.82. The lowest BCUT2D eigenvalue weighted by molar-refractivity contribution is -0.178. The summed E-state index contributed by atoms with van der Waals surface area (Å²) < 4.78 is 23.9. The van der Waals surface area contributed by atoms with Gasteiger partial charge in [-0.2, -0.15) is 0 Å². The minimum Gasteiger partial charge on any atom is -0.347 e. The Labute approximate surface area is 112 Å². The van der Waals surface area contributed by atoms with E-state index in [4.69, 9.17) is 9.47 Å². The normalized spacial score (nSPS) is 32.8. The molecule has 1 spiro atoms. The summed E-state index contributed by atoms with van der Waals surface area (Å²) in [5.74, 6) is 0.350. The number of hydrogen-bond acceptors (Lipinski definition) is 4. The first-order valence-electron chi connectivity index (χ1n) is 7.09. The van der Waals surface area contributed by atoms with Crippen LogP contribution in [0.25, 0.3) is 0 Å². The maximum Gasteiger partial charge on any atom is 0.169 e. The molecule has 0 aromatic rings. The van der Waals surface area contributed by atoms with Gasteiger partial charge in [-0.25, -0.2) is 0 Å². The summed E-state index contributed by atoms with van der Waals surface area (Å²) in [4.78, 5) is 0. The van der Waals surface area contributed by atoms with Crippen LogP contribution in [0.2, 0.25) is 0 Å². The van der Waals surface area contributed by atoms with Crippen LogP contribution in [0.1, 0.15) is 39.5 Å². The molecule has 0 amide bonds. The quantitative estimate of drug-likeness (QED) is 0.824. The van der Waals surface area contributed by atoms with Crippen LogP contribution >= 0.6 is 0 Å². The fourth-order valence-corrected chi connectivity index (χ4v) is 4.74. The Bertz CT molecular complexity index is 292. The van der Waals surface area contributed by atoms with Crippen LogP contribution in [-0.2, 0) is 20.3 Å². The number of nitrogens with one attached hydrogen (secondary N) is 1. The highest BCUT2D eigenvalue weighted by molar-refractivity contribution is 7.85. The molecule has 1 saturated carbocycles. The lowest BCUT2D eigenvalue weighted by atomic mass is 9.89. The van der Waals surface area contributed by atoms with Gasteiger partial charge >= 0.3 is 0 Å². The van der Waals surface area contributed by atoms with E-state index in [0.29, 0.717) is 19.3 Å². The SMILES string of the molecule is CCCS(=O)C1CC2(CCC1NCC)OCCO2. The predicted octanol–water partition coefficient (Wildman–Crippen LogP) is 1.42. The van der Waals surface area contributed by atoms with E-state index in [1.54, 1.807) is 0 Å². The van der Waals surface area contributed by atoms with Crippen molar-refractivity contribution in [2.75, 3.05) is 25.5 Å². The monoisotopic (exact) mass is 275 g/mol. The van der Waals surface area contributed by atoms with Crippen molar-refractivity contribution in [3.8, 4) is 0 Å². The summed E-state index contributed by atoms with van der Waals surface area (Å²) >= 11 is 0. The minimum absolute atomic E-state index is 0.164. The molecule has 2 fully saturated rings. The molecular formula is C13H25NO3S.